The van der Waals surface area contributed by atoms with E-state index in [1.165, 1.54) is 22.7 Å². The Kier molecular flexibility index (Phi) is 6.48. The molecule has 2 aromatic heterocycles. The van der Waals surface area contributed by atoms with Gasteiger partial charge in [-0.2, -0.15) is 0 Å². The summed E-state index contributed by atoms with van der Waals surface area (Å²) in [6.45, 7) is 3.80. The molecule has 0 aliphatic carbocycles. The smallest absolute Gasteiger partial charge is 0.338 e. The van der Waals surface area contributed by atoms with Crippen LogP contribution in [0.3, 0.4) is 0 Å². The molecule has 5 rings (SSSR count). The van der Waals surface area contributed by atoms with Gasteiger partial charge < -0.3 is 9.47 Å². The van der Waals surface area contributed by atoms with Gasteiger partial charge in [0.2, 0.25) is 0 Å². The summed E-state index contributed by atoms with van der Waals surface area (Å²) in [6.07, 6.45) is 1.83. The number of nitrogens with zero attached hydrogens (tertiary/aromatic N) is 2. The molecule has 0 fully saturated rings. The van der Waals surface area contributed by atoms with Crippen molar-refractivity contribution in [2.45, 2.75) is 19.9 Å². The van der Waals surface area contributed by atoms with E-state index in [0.717, 1.165) is 16.2 Å². The molecule has 0 bridgehead atoms. The SMILES string of the molecule is CCOC(=O)C1=C(C)N=c2s/c(=C/c3cccc(Oc4ccccc4)c3)c(=O)n2[C@H]1c1cccs1. The maximum absolute atomic E-state index is 13.6. The molecule has 1 aliphatic heterocycles. The van der Waals surface area contributed by atoms with Crippen molar-refractivity contribution in [1.82, 2.24) is 4.57 Å². The molecular weight excluding hydrogens is 480 g/mol. The molecule has 6 nitrogen and oxygen atoms in total. The largest absolute Gasteiger partial charge is 0.463 e. The number of hydrogen-bond acceptors (Lipinski definition) is 7. The zero-order valence-corrected chi connectivity index (χ0v) is 20.8. The monoisotopic (exact) mass is 502 g/mol. The Labute approximate surface area is 209 Å². The lowest BCUT2D eigenvalue weighted by Crippen LogP contribution is -2.39. The van der Waals surface area contributed by atoms with Gasteiger partial charge in [0.1, 0.15) is 17.5 Å². The number of allylic oxidation sites excluding steroid dienone is 1. The number of esters is 1. The molecule has 1 atom stereocenters. The zero-order chi connectivity index (χ0) is 24.4. The van der Waals surface area contributed by atoms with Gasteiger partial charge in [-0.1, -0.05) is 47.7 Å². The van der Waals surface area contributed by atoms with Gasteiger partial charge in [-0.05, 0) is 61.2 Å². The number of fused-ring (bicyclic) bond motifs is 1. The summed E-state index contributed by atoms with van der Waals surface area (Å²) in [5.74, 6) is 0.962. The minimum absolute atomic E-state index is 0.198. The maximum Gasteiger partial charge on any atom is 0.338 e. The number of aromatic nitrogens is 1. The summed E-state index contributed by atoms with van der Waals surface area (Å²) in [4.78, 5) is 32.5. The predicted molar refractivity (Wildman–Crippen MR) is 138 cm³/mol. The Morgan fingerprint density at radius 2 is 1.89 bits per heavy atom. The fraction of sp³-hybridized carbons (Fsp3) is 0.148. The van der Waals surface area contributed by atoms with Crippen LogP contribution in [0.4, 0.5) is 0 Å². The first-order valence-electron chi connectivity index (χ1n) is 11.1. The fourth-order valence-electron chi connectivity index (χ4n) is 3.95. The van der Waals surface area contributed by atoms with Crippen molar-refractivity contribution in [3.05, 3.63) is 114 Å². The number of ether oxygens (including phenoxy) is 2. The van der Waals surface area contributed by atoms with Gasteiger partial charge in [-0.3, -0.25) is 9.36 Å². The number of carbonyl (C=O) groups excluding carboxylic acids is 1. The third kappa shape index (κ3) is 4.62. The van der Waals surface area contributed by atoms with Crippen LogP contribution < -0.4 is 19.6 Å². The first kappa shape index (κ1) is 23.0. The van der Waals surface area contributed by atoms with E-state index in [1.807, 2.05) is 78.2 Å². The number of rotatable bonds is 6. The topological polar surface area (TPSA) is 69.9 Å². The van der Waals surface area contributed by atoms with E-state index in [9.17, 15) is 9.59 Å². The minimum atomic E-state index is -0.569. The highest BCUT2D eigenvalue weighted by Crippen LogP contribution is 2.33. The molecule has 3 heterocycles. The Hall–Kier alpha value is -3.75. The normalized spacial score (nSPS) is 15.5. The first-order chi connectivity index (χ1) is 17.0. The van der Waals surface area contributed by atoms with Crippen molar-refractivity contribution in [3.8, 4) is 11.5 Å². The molecule has 0 unspecified atom stereocenters. The molecular formula is C27H22N2O4S2. The fourth-order valence-corrected chi connectivity index (χ4v) is 5.82. The summed E-state index contributed by atoms with van der Waals surface area (Å²) in [5.41, 5.74) is 1.59. The van der Waals surface area contributed by atoms with Crippen molar-refractivity contribution in [3.63, 3.8) is 0 Å². The molecule has 2 aromatic carbocycles. The molecule has 35 heavy (non-hydrogen) atoms. The van der Waals surface area contributed by atoms with Gasteiger partial charge in [0.05, 0.1) is 22.4 Å². The van der Waals surface area contributed by atoms with Crippen LogP contribution in [0.1, 0.15) is 30.3 Å². The van der Waals surface area contributed by atoms with Crippen LogP contribution in [0.2, 0.25) is 0 Å². The van der Waals surface area contributed by atoms with E-state index >= 15 is 0 Å². The second kappa shape index (κ2) is 9.85. The molecule has 176 valence electrons. The van der Waals surface area contributed by atoms with Gasteiger partial charge >= 0.3 is 5.97 Å². The molecule has 0 N–H and O–H groups in total. The Morgan fingerprint density at radius 1 is 1.09 bits per heavy atom. The average molecular weight is 503 g/mol. The number of hydrogen-bond donors (Lipinski definition) is 0. The van der Waals surface area contributed by atoms with Crippen LogP contribution in [0, 0.1) is 0 Å². The van der Waals surface area contributed by atoms with Crippen molar-refractivity contribution < 1.29 is 14.3 Å². The van der Waals surface area contributed by atoms with Crippen molar-refractivity contribution in [2.24, 2.45) is 4.99 Å². The van der Waals surface area contributed by atoms with Crippen molar-refractivity contribution >= 4 is 34.7 Å². The van der Waals surface area contributed by atoms with Gasteiger partial charge in [-0.25, -0.2) is 9.79 Å². The molecule has 0 saturated carbocycles. The quantitative estimate of drug-likeness (QED) is 0.360. The minimum Gasteiger partial charge on any atom is -0.463 e. The lowest BCUT2D eigenvalue weighted by molar-refractivity contribution is -0.139. The number of benzene rings is 2. The number of thiazole rings is 1. The predicted octanol–water partition coefficient (Wildman–Crippen LogP) is 4.65. The summed E-state index contributed by atoms with van der Waals surface area (Å²) in [7, 11) is 0. The maximum atomic E-state index is 13.6. The number of carbonyl (C=O) groups is 1. The van der Waals surface area contributed by atoms with Gasteiger partial charge in [0, 0.05) is 4.88 Å². The van der Waals surface area contributed by atoms with E-state index in [1.54, 1.807) is 18.4 Å². The lowest BCUT2D eigenvalue weighted by Gasteiger charge is -2.23. The molecule has 4 aromatic rings. The summed E-state index contributed by atoms with van der Waals surface area (Å²) in [6, 6.07) is 20.4. The molecule has 1 aliphatic rings. The summed E-state index contributed by atoms with van der Waals surface area (Å²) >= 11 is 2.80. The molecule has 0 spiro atoms. The van der Waals surface area contributed by atoms with Gasteiger partial charge in [-0.15, -0.1) is 11.3 Å². The Balaban J connectivity index is 1.59. The Bertz CT molecular complexity index is 1580. The van der Waals surface area contributed by atoms with E-state index in [2.05, 4.69) is 4.99 Å². The van der Waals surface area contributed by atoms with E-state index in [-0.39, 0.29) is 12.2 Å². The second-order valence-corrected chi connectivity index (χ2v) is 9.79. The third-order valence-corrected chi connectivity index (χ3v) is 7.37. The molecule has 0 radical (unpaired) electrons. The molecule has 8 heteroatoms. The highest BCUT2D eigenvalue weighted by Gasteiger charge is 2.33. The second-order valence-electron chi connectivity index (χ2n) is 7.81. The highest BCUT2D eigenvalue weighted by molar-refractivity contribution is 7.10. The van der Waals surface area contributed by atoms with Crippen LogP contribution in [0.25, 0.3) is 6.08 Å². The van der Waals surface area contributed by atoms with Crippen molar-refractivity contribution in [2.75, 3.05) is 6.61 Å². The van der Waals surface area contributed by atoms with Gasteiger partial charge in [0.25, 0.3) is 5.56 Å². The third-order valence-electron chi connectivity index (χ3n) is 5.46. The zero-order valence-electron chi connectivity index (χ0n) is 19.1. The number of para-hydroxylation sites is 1. The van der Waals surface area contributed by atoms with Gasteiger partial charge in [0.15, 0.2) is 4.80 Å². The Morgan fingerprint density at radius 3 is 2.63 bits per heavy atom. The average Bonchev–Trinajstić information content (AvgIpc) is 3.48. The summed E-state index contributed by atoms with van der Waals surface area (Å²) in [5, 5.41) is 1.93. The van der Waals surface area contributed by atoms with Crippen LogP contribution >= 0.6 is 22.7 Å². The number of thiophene rings is 1. The van der Waals surface area contributed by atoms with Crippen LogP contribution in [-0.2, 0) is 9.53 Å². The molecule has 0 amide bonds. The lowest BCUT2D eigenvalue weighted by atomic mass is 10.0. The summed E-state index contributed by atoms with van der Waals surface area (Å²) < 4.78 is 13.4. The molecule has 0 saturated heterocycles. The van der Waals surface area contributed by atoms with Crippen LogP contribution in [-0.4, -0.2) is 17.1 Å². The standard InChI is InChI=1S/C27H22N2O4S2/c1-3-32-26(31)23-17(2)28-27-29(24(23)21-13-8-14-34-21)25(30)22(35-27)16-18-9-7-12-20(15-18)33-19-10-5-4-6-11-19/h4-16,24H,3H2,1-2H3/b22-16+/t24-/m0/s1. The van der Waals surface area contributed by atoms with E-state index in [4.69, 9.17) is 9.47 Å². The van der Waals surface area contributed by atoms with Crippen LogP contribution in [0.15, 0.2) is 93.2 Å². The highest BCUT2D eigenvalue weighted by atomic mass is 32.1. The van der Waals surface area contributed by atoms with E-state index < -0.39 is 12.0 Å². The van der Waals surface area contributed by atoms with Crippen LogP contribution in [0.5, 0.6) is 11.5 Å². The first-order valence-corrected chi connectivity index (χ1v) is 12.8. The van der Waals surface area contributed by atoms with E-state index in [0.29, 0.717) is 26.4 Å². The van der Waals surface area contributed by atoms with Crippen molar-refractivity contribution in [1.29, 1.82) is 0 Å².